The molecule has 3 rings (SSSR count). The zero-order valence-corrected chi connectivity index (χ0v) is 16.7. The molecule has 0 radical (unpaired) electrons. The van der Waals surface area contributed by atoms with Crippen LogP contribution in [0.1, 0.15) is 44.1 Å². The molecule has 1 aliphatic heterocycles. The first kappa shape index (κ1) is 20.3. The minimum atomic E-state index is -0.829. The summed E-state index contributed by atoms with van der Waals surface area (Å²) in [5.74, 6) is 0.0998. The first-order valence-electron chi connectivity index (χ1n) is 9.97. The summed E-state index contributed by atoms with van der Waals surface area (Å²) in [4.78, 5) is 25.4. The van der Waals surface area contributed by atoms with E-state index >= 15 is 0 Å². The minimum absolute atomic E-state index is 0.139. The van der Waals surface area contributed by atoms with Crippen LogP contribution < -0.4 is 14.8 Å². The van der Waals surface area contributed by atoms with Crippen LogP contribution in [0.3, 0.4) is 0 Å². The molecule has 1 atom stereocenters. The third kappa shape index (κ3) is 4.18. The van der Waals surface area contributed by atoms with Crippen molar-refractivity contribution in [3.63, 3.8) is 0 Å². The van der Waals surface area contributed by atoms with Crippen molar-refractivity contribution in [2.45, 2.75) is 43.9 Å². The highest BCUT2D eigenvalue weighted by atomic mass is 16.5. The molecule has 2 N–H and O–H groups in total. The maximum atomic E-state index is 12.6. The van der Waals surface area contributed by atoms with Gasteiger partial charge in [-0.2, -0.15) is 0 Å². The number of carboxylic acids is 1. The summed E-state index contributed by atoms with van der Waals surface area (Å²) in [5, 5.41) is 12.2. The molecular weight excluding hydrogens is 360 g/mol. The number of likely N-dealkylation sites (tertiary alicyclic amines) is 1. The second-order valence-corrected chi connectivity index (χ2v) is 7.84. The van der Waals surface area contributed by atoms with Gasteiger partial charge in [0.2, 0.25) is 0 Å². The highest BCUT2D eigenvalue weighted by molar-refractivity contribution is 5.77. The summed E-state index contributed by atoms with van der Waals surface area (Å²) in [6.45, 7) is 1.31. The maximum Gasteiger partial charge on any atom is 0.317 e. The molecule has 2 amide bonds. The molecular formula is C21H30N2O5. The van der Waals surface area contributed by atoms with Crippen LogP contribution in [-0.2, 0) is 10.2 Å². The minimum Gasteiger partial charge on any atom is -0.493 e. The molecule has 1 saturated heterocycles. The Kier molecular flexibility index (Phi) is 6.31. The van der Waals surface area contributed by atoms with Gasteiger partial charge in [0, 0.05) is 25.0 Å². The van der Waals surface area contributed by atoms with Crippen molar-refractivity contribution in [2.75, 3.05) is 33.9 Å². The van der Waals surface area contributed by atoms with Gasteiger partial charge in [0.15, 0.2) is 11.5 Å². The van der Waals surface area contributed by atoms with E-state index in [0.717, 1.165) is 31.2 Å². The zero-order chi connectivity index (χ0) is 20.1. The number of amides is 2. The van der Waals surface area contributed by atoms with E-state index < -0.39 is 11.9 Å². The van der Waals surface area contributed by atoms with Gasteiger partial charge in [-0.25, -0.2) is 4.79 Å². The van der Waals surface area contributed by atoms with E-state index in [-0.39, 0.29) is 18.0 Å². The molecule has 0 spiro atoms. The number of nitrogens with zero attached hydrogens (tertiary/aromatic N) is 1. The molecule has 7 heteroatoms. The second kappa shape index (κ2) is 8.71. The van der Waals surface area contributed by atoms with Gasteiger partial charge in [-0.15, -0.1) is 0 Å². The number of aliphatic carboxylic acids is 1. The number of carbonyl (C=O) groups is 2. The molecule has 2 fully saturated rings. The number of nitrogens with one attached hydrogen (secondary N) is 1. The Hall–Kier alpha value is -2.44. The quantitative estimate of drug-likeness (QED) is 0.780. The van der Waals surface area contributed by atoms with E-state index in [2.05, 4.69) is 11.4 Å². The molecule has 1 aromatic rings. The summed E-state index contributed by atoms with van der Waals surface area (Å²) in [7, 11) is 3.25. The summed E-state index contributed by atoms with van der Waals surface area (Å²) in [5.41, 5.74) is 1.01. The van der Waals surface area contributed by atoms with E-state index in [9.17, 15) is 9.59 Å². The van der Waals surface area contributed by atoms with E-state index in [0.29, 0.717) is 31.0 Å². The lowest BCUT2D eigenvalue weighted by Gasteiger charge is -2.38. The molecule has 1 unspecified atom stereocenters. The molecule has 2 aliphatic rings. The third-order valence-electron chi connectivity index (χ3n) is 6.21. The fourth-order valence-corrected chi connectivity index (χ4v) is 4.47. The predicted molar refractivity (Wildman–Crippen MR) is 105 cm³/mol. The Morgan fingerprint density at radius 1 is 1.18 bits per heavy atom. The molecule has 154 valence electrons. The fourth-order valence-electron chi connectivity index (χ4n) is 4.47. The van der Waals surface area contributed by atoms with Crippen molar-refractivity contribution in [1.29, 1.82) is 0 Å². The average Bonchev–Trinajstić information content (AvgIpc) is 3.23. The highest BCUT2D eigenvalue weighted by Gasteiger charge is 2.36. The van der Waals surface area contributed by atoms with Crippen LogP contribution in [0.2, 0.25) is 0 Å². The van der Waals surface area contributed by atoms with Crippen LogP contribution in [0.5, 0.6) is 11.5 Å². The summed E-state index contributed by atoms with van der Waals surface area (Å²) in [6.07, 6.45) is 5.96. The van der Waals surface area contributed by atoms with Gasteiger partial charge in [0.1, 0.15) is 0 Å². The summed E-state index contributed by atoms with van der Waals surface area (Å²) in [6, 6.07) is 5.83. The van der Waals surface area contributed by atoms with E-state index in [1.54, 1.807) is 19.1 Å². The molecule has 1 heterocycles. The van der Waals surface area contributed by atoms with Gasteiger partial charge in [-0.05, 0) is 37.0 Å². The lowest BCUT2D eigenvalue weighted by atomic mass is 9.69. The topological polar surface area (TPSA) is 88.1 Å². The molecule has 0 aromatic heterocycles. The molecule has 1 aliphatic carbocycles. The van der Waals surface area contributed by atoms with E-state index in [1.807, 2.05) is 12.1 Å². The van der Waals surface area contributed by atoms with Gasteiger partial charge in [-0.1, -0.05) is 25.3 Å². The second-order valence-electron chi connectivity index (χ2n) is 7.84. The third-order valence-corrected chi connectivity index (χ3v) is 6.21. The molecule has 28 heavy (non-hydrogen) atoms. The number of benzene rings is 1. The monoisotopic (exact) mass is 390 g/mol. The number of hydrogen-bond donors (Lipinski definition) is 2. The van der Waals surface area contributed by atoms with Crippen LogP contribution >= 0.6 is 0 Å². The maximum absolute atomic E-state index is 12.6. The molecule has 0 bridgehead atoms. The summed E-state index contributed by atoms with van der Waals surface area (Å²) >= 11 is 0. The standard InChI is InChI=1S/C21H30N2O5/c1-27-17-7-6-16(12-18(17)28-2)21(9-4-3-5-10-21)14-22-20(26)23-11-8-15(13-23)19(24)25/h6-7,12,15H,3-5,8-11,13-14H2,1-2H3,(H,22,26)(H,24,25). The first-order chi connectivity index (χ1) is 13.5. The van der Waals surface area contributed by atoms with Gasteiger partial charge < -0.3 is 24.8 Å². The average molecular weight is 390 g/mol. The van der Waals surface area contributed by atoms with Gasteiger partial charge >= 0.3 is 12.0 Å². The van der Waals surface area contributed by atoms with Crippen LogP contribution in [0.15, 0.2) is 18.2 Å². The SMILES string of the molecule is COc1ccc(C2(CNC(=O)N3CCC(C(=O)O)C3)CCCCC2)cc1OC. The van der Waals surface area contributed by atoms with Gasteiger partial charge in [0.05, 0.1) is 20.1 Å². The number of hydrogen-bond acceptors (Lipinski definition) is 4. The van der Waals surface area contributed by atoms with Crippen LogP contribution in [0.25, 0.3) is 0 Å². The molecule has 1 saturated carbocycles. The number of carbonyl (C=O) groups excluding carboxylic acids is 1. The normalized spacial score (nSPS) is 21.2. The Balaban J connectivity index is 1.73. The van der Waals surface area contributed by atoms with E-state index in [1.165, 1.54) is 6.42 Å². The van der Waals surface area contributed by atoms with Crippen LogP contribution in [0, 0.1) is 5.92 Å². The van der Waals surface area contributed by atoms with Crippen LogP contribution in [-0.4, -0.2) is 55.9 Å². The smallest absolute Gasteiger partial charge is 0.317 e. The molecule has 7 nitrogen and oxygen atoms in total. The lowest BCUT2D eigenvalue weighted by molar-refractivity contribution is -0.141. The fraction of sp³-hybridized carbons (Fsp3) is 0.619. The zero-order valence-electron chi connectivity index (χ0n) is 16.7. The number of ether oxygens (including phenoxy) is 2. The van der Waals surface area contributed by atoms with Crippen molar-refractivity contribution in [3.05, 3.63) is 23.8 Å². The Morgan fingerprint density at radius 3 is 2.50 bits per heavy atom. The number of urea groups is 1. The number of carboxylic acid groups (broad SMARTS) is 1. The van der Waals surface area contributed by atoms with Crippen molar-refractivity contribution < 1.29 is 24.2 Å². The summed E-state index contributed by atoms with van der Waals surface area (Å²) < 4.78 is 10.8. The Labute approximate surface area is 166 Å². The largest absolute Gasteiger partial charge is 0.493 e. The number of methoxy groups -OCH3 is 2. The lowest BCUT2D eigenvalue weighted by Crippen LogP contribution is -2.46. The first-order valence-corrected chi connectivity index (χ1v) is 9.97. The number of rotatable bonds is 6. The van der Waals surface area contributed by atoms with Crippen molar-refractivity contribution in [2.24, 2.45) is 5.92 Å². The predicted octanol–water partition coefficient (Wildman–Crippen LogP) is 3.02. The van der Waals surface area contributed by atoms with Crippen molar-refractivity contribution in [1.82, 2.24) is 10.2 Å². The van der Waals surface area contributed by atoms with Gasteiger partial charge in [0.25, 0.3) is 0 Å². The Bertz CT molecular complexity index is 715. The van der Waals surface area contributed by atoms with Crippen molar-refractivity contribution >= 4 is 12.0 Å². The van der Waals surface area contributed by atoms with Crippen molar-refractivity contribution in [3.8, 4) is 11.5 Å². The van der Waals surface area contributed by atoms with Crippen LogP contribution in [0.4, 0.5) is 4.79 Å². The highest BCUT2D eigenvalue weighted by Crippen LogP contribution is 2.42. The van der Waals surface area contributed by atoms with Gasteiger partial charge in [-0.3, -0.25) is 4.79 Å². The Morgan fingerprint density at radius 2 is 1.89 bits per heavy atom. The molecule has 1 aromatic carbocycles. The van der Waals surface area contributed by atoms with E-state index in [4.69, 9.17) is 14.6 Å².